The fraction of sp³-hybridized carbons (Fsp3) is 0.320. The molecule has 7 heteroatoms. The number of fused-ring (bicyclic) bond motifs is 1. The first kappa shape index (κ1) is 27.3. The zero-order valence-corrected chi connectivity index (χ0v) is 20.2. The van der Waals surface area contributed by atoms with Crippen LogP contribution in [-0.4, -0.2) is 46.1 Å². The number of aldehydes is 1. The van der Waals surface area contributed by atoms with Gasteiger partial charge in [0.25, 0.3) is 0 Å². The van der Waals surface area contributed by atoms with Crippen molar-refractivity contribution < 1.29 is 18.7 Å². The molecule has 4 rings (SSSR count). The molecule has 0 spiro atoms. The van der Waals surface area contributed by atoms with Crippen LogP contribution in [-0.2, 0) is 9.47 Å². The third-order valence-electron chi connectivity index (χ3n) is 4.08. The lowest BCUT2D eigenvalue weighted by Crippen LogP contribution is -2.26. The van der Waals surface area contributed by atoms with E-state index in [0.29, 0.717) is 11.5 Å². The summed E-state index contributed by atoms with van der Waals surface area (Å²) in [5, 5.41) is 4.19. The van der Waals surface area contributed by atoms with Gasteiger partial charge in [-0.25, -0.2) is 0 Å². The van der Waals surface area contributed by atoms with E-state index in [2.05, 4.69) is 20.9 Å². The molecule has 0 bridgehead atoms. The SMILES string of the molecule is C=CC.CCOC.CNc1ccc2ccoc2c1.O=Cc1ccc(N2CCOCS2)cc1. The van der Waals surface area contributed by atoms with Crippen LogP contribution in [0.3, 0.4) is 0 Å². The molecule has 6 nitrogen and oxygen atoms in total. The summed E-state index contributed by atoms with van der Waals surface area (Å²) in [7, 11) is 3.57. The van der Waals surface area contributed by atoms with E-state index in [1.54, 1.807) is 31.4 Å². The van der Waals surface area contributed by atoms with E-state index in [1.165, 1.54) is 0 Å². The van der Waals surface area contributed by atoms with Crippen molar-refractivity contribution in [1.82, 2.24) is 0 Å². The molecule has 0 saturated carbocycles. The predicted molar refractivity (Wildman–Crippen MR) is 137 cm³/mol. The number of ether oxygens (including phenoxy) is 2. The van der Waals surface area contributed by atoms with Gasteiger partial charge in [0.05, 0.1) is 19.4 Å². The van der Waals surface area contributed by atoms with E-state index in [1.807, 2.05) is 69.4 Å². The zero-order chi connectivity index (χ0) is 23.6. The second kappa shape index (κ2) is 16.9. The number of furan rings is 1. The minimum Gasteiger partial charge on any atom is -0.464 e. The van der Waals surface area contributed by atoms with Gasteiger partial charge in [-0.15, -0.1) is 6.58 Å². The van der Waals surface area contributed by atoms with Crippen LogP contribution in [0.4, 0.5) is 11.4 Å². The van der Waals surface area contributed by atoms with Crippen molar-refractivity contribution in [3.8, 4) is 0 Å². The van der Waals surface area contributed by atoms with Gasteiger partial charge in [0, 0.05) is 49.2 Å². The van der Waals surface area contributed by atoms with Gasteiger partial charge in [-0.1, -0.05) is 6.08 Å². The van der Waals surface area contributed by atoms with Crippen molar-refractivity contribution in [3.05, 3.63) is 73.0 Å². The Hall–Kier alpha value is -2.74. The maximum Gasteiger partial charge on any atom is 0.150 e. The number of anilines is 2. The van der Waals surface area contributed by atoms with Gasteiger partial charge in [0.15, 0.2) is 0 Å². The first-order valence-corrected chi connectivity index (χ1v) is 11.3. The number of benzene rings is 2. The number of allylic oxidation sites excluding steroid dienone is 1. The third-order valence-corrected chi connectivity index (χ3v) is 5.06. The molecule has 1 fully saturated rings. The van der Waals surface area contributed by atoms with E-state index in [0.717, 1.165) is 48.4 Å². The van der Waals surface area contributed by atoms with Crippen molar-refractivity contribution in [3.63, 3.8) is 0 Å². The van der Waals surface area contributed by atoms with Gasteiger partial charge in [-0.2, -0.15) is 0 Å². The number of hydrogen-bond acceptors (Lipinski definition) is 7. The van der Waals surface area contributed by atoms with Crippen molar-refractivity contribution in [1.29, 1.82) is 0 Å². The number of carbonyl (C=O) groups excluding carboxylic acids is 1. The fourth-order valence-electron chi connectivity index (χ4n) is 2.40. The van der Waals surface area contributed by atoms with Crippen LogP contribution < -0.4 is 9.62 Å². The Balaban J connectivity index is 0.000000253. The average Bonchev–Trinajstić information content (AvgIpc) is 3.33. The summed E-state index contributed by atoms with van der Waals surface area (Å²) in [5.74, 6) is 0.704. The van der Waals surface area contributed by atoms with Gasteiger partial charge in [-0.3, -0.25) is 4.79 Å². The largest absolute Gasteiger partial charge is 0.464 e. The summed E-state index contributed by atoms with van der Waals surface area (Å²) in [6, 6.07) is 15.6. The highest BCUT2D eigenvalue weighted by molar-refractivity contribution is 8.00. The van der Waals surface area contributed by atoms with Crippen LogP contribution in [0, 0.1) is 0 Å². The Morgan fingerprint density at radius 3 is 2.44 bits per heavy atom. The van der Waals surface area contributed by atoms with E-state index < -0.39 is 0 Å². The molecule has 0 radical (unpaired) electrons. The van der Waals surface area contributed by atoms with Gasteiger partial charge in [0.2, 0.25) is 0 Å². The molecule has 1 aromatic heterocycles. The molecule has 174 valence electrons. The summed E-state index contributed by atoms with van der Waals surface area (Å²) in [4.78, 5) is 10.5. The van der Waals surface area contributed by atoms with Gasteiger partial charge < -0.3 is 23.5 Å². The quantitative estimate of drug-likeness (QED) is 0.281. The second-order valence-corrected chi connectivity index (χ2v) is 7.31. The predicted octanol–water partition coefficient (Wildman–Crippen LogP) is 6.26. The number of nitrogens with one attached hydrogen (secondary N) is 1. The molecule has 32 heavy (non-hydrogen) atoms. The second-order valence-electron chi connectivity index (χ2n) is 6.38. The molecule has 2 aromatic carbocycles. The van der Waals surface area contributed by atoms with E-state index in [-0.39, 0.29) is 0 Å². The highest BCUT2D eigenvalue weighted by Gasteiger charge is 2.11. The Morgan fingerprint density at radius 2 is 1.91 bits per heavy atom. The topological polar surface area (TPSA) is 63.9 Å². The number of hydrogen-bond donors (Lipinski definition) is 1. The maximum atomic E-state index is 10.5. The smallest absolute Gasteiger partial charge is 0.150 e. The van der Waals surface area contributed by atoms with Crippen molar-refractivity contribution in [2.24, 2.45) is 0 Å². The summed E-state index contributed by atoms with van der Waals surface area (Å²) in [6.07, 6.45) is 4.31. The molecular weight excluding hydrogens is 424 g/mol. The van der Waals surface area contributed by atoms with Crippen molar-refractivity contribution in [2.45, 2.75) is 13.8 Å². The molecule has 3 aromatic rings. The Bertz CT molecular complexity index is 888. The number of carbonyl (C=O) groups is 1. The Kier molecular flexibility index (Phi) is 14.4. The molecule has 0 atom stereocenters. The van der Waals surface area contributed by atoms with Gasteiger partial charge in [-0.05, 0) is 68.3 Å². The molecule has 1 aliphatic rings. The fourth-order valence-corrected chi connectivity index (χ4v) is 3.20. The number of rotatable bonds is 4. The van der Waals surface area contributed by atoms with E-state index in [9.17, 15) is 4.79 Å². The Labute approximate surface area is 195 Å². The summed E-state index contributed by atoms with van der Waals surface area (Å²) in [6.45, 7) is 9.69. The first-order valence-electron chi connectivity index (χ1n) is 10.4. The normalized spacial score (nSPS) is 12.2. The van der Waals surface area contributed by atoms with Gasteiger partial charge in [0.1, 0.15) is 17.8 Å². The van der Waals surface area contributed by atoms with Crippen molar-refractivity contribution >= 4 is 40.6 Å². The third kappa shape index (κ3) is 10.0. The highest BCUT2D eigenvalue weighted by atomic mass is 32.2. The average molecular weight is 459 g/mol. The maximum absolute atomic E-state index is 10.5. The molecule has 0 unspecified atom stereocenters. The molecule has 2 heterocycles. The number of methoxy groups -OCH3 is 1. The monoisotopic (exact) mass is 458 g/mol. The highest BCUT2D eigenvalue weighted by Crippen LogP contribution is 2.24. The van der Waals surface area contributed by atoms with Crippen LogP contribution >= 0.6 is 11.9 Å². The molecular formula is C25H34N2O4S. The first-order chi connectivity index (χ1) is 15.6. The Morgan fingerprint density at radius 1 is 1.22 bits per heavy atom. The number of nitrogens with zero attached hydrogens (tertiary/aromatic N) is 1. The van der Waals surface area contributed by atoms with Gasteiger partial charge >= 0.3 is 0 Å². The summed E-state index contributed by atoms with van der Waals surface area (Å²) >= 11 is 1.65. The lowest BCUT2D eigenvalue weighted by Gasteiger charge is -2.27. The van der Waals surface area contributed by atoms with Crippen LogP contribution in [0.1, 0.15) is 24.2 Å². The van der Waals surface area contributed by atoms with Crippen LogP contribution in [0.25, 0.3) is 11.0 Å². The minimum absolute atomic E-state index is 0.704. The molecule has 0 aliphatic carbocycles. The molecule has 1 aliphatic heterocycles. The van der Waals surface area contributed by atoms with Crippen LogP contribution in [0.5, 0.6) is 0 Å². The van der Waals surface area contributed by atoms with E-state index in [4.69, 9.17) is 9.15 Å². The standard InChI is InChI=1S/C10H11NO2S.C9H9NO.C3H8O.C3H6/c12-7-9-1-3-10(4-2-9)11-5-6-13-8-14-11;1-10-8-3-2-7-4-5-11-9(7)6-8;1-3-4-2;1-3-2/h1-4,7H,5-6,8H2;2-6,10H,1H3;3H2,1-2H3;3H,1H2,2H3. The molecule has 1 saturated heterocycles. The molecule has 0 amide bonds. The zero-order valence-electron chi connectivity index (χ0n) is 19.4. The minimum atomic E-state index is 0.704. The lowest BCUT2D eigenvalue weighted by atomic mass is 10.2. The summed E-state index contributed by atoms with van der Waals surface area (Å²) < 4.78 is 17.2. The lowest BCUT2D eigenvalue weighted by molar-refractivity contribution is 0.112. The molecule has 1 N–H and O–H groups in total. The summed E-state index contributed by atoms with van der Waals surface area (Å²) in [5.41, 5.74) is 3.85. The van der Waals surface area contributed by atoms with Crippen LogP contribution in [0.15, 0.2) is 71.9 Å². The van der Waals surface area contributed by atoms with E-state index >= 15 is 0 Å². The van der Waals surface area contributed by atoms with Crippen molar-refractivity contribution in [2.75, 3.05) is 49.5 Å². The van der Waals surface area contributed by atoms with Crippen LogP contribution in [0.2, 0.25) is 0 Å².